The van der Waals surface area contributed by atoms with E-state index in [2.05, 4.69) is 35.0 Å². The van der Waals surface area contributed by atoms with Crippen LogP contribution in [0.2, 0.25) is 0 Å². The van der Waals surface area contributed by atoms with Crippen LogP contribution in [0.15, 0.2) is 0 Å². The predicted molar refractivity (Wildman–Crippen MR) is 166 cm³/mol. The molecule has 5 nitrogen and oxygen atoms in total. The minimum Gasteiger partial charge on any atom is -0.466 e. The molecule has 0 saturated carbocycles. The van der Waals surface area contributed by atoms with Crippen molar-refractivity contribution in [1.29, 1.82) is 0 Å². The summed E-state index contributed by atoms with van der Waals surface area (Å²) in [6.45, 7) is 5.59. The van der Waals surface area contributed by atoms with E-state index in [1.165, 1.54) is 116 Å². The molecule has 0 unspecified atom stereocenters. The molecule has 0 aromatic rings. The van der Waals surface area contributed by atoms with Crippen molar-refractivity contribution >= 4 is 11.9 Å². The average Bonchev–Trinajstić information content (AvgIpc) is 2.87. The molecule has 0 aliphatic heterocycles. The van der Waals surface area contributed by atoms with Gasteiger partial charge in [0.05, 0.1) is 34.2 Å². The molecule has 0 spiro atoms. The maximum atomic E-state index is 12.5. The highest BCUT2D eigenvalue weighted by Crippen LogP contribution is 2.15. The summed E-state index contributed by atoms with van der Waals surface area (Å²) in [5, 5.41) is 0. The molecule has 39 heavy (non-hydrogen) atoms. The molecule has 232 valence electrons. The molecular formula is C34H68NO4+. The number of hydrogen-bond donors (Lipinski definition) is 0. The minimum atomic E-state index is -0.421. The van der Waals surface area contributed by atoms with Gasteiger partial charge in [0, 0.05) is 6.42 Å². The normalized spacial score (nSPS) is 12.4. The molecule has 0 aromatic heterocycles. The number of unbranched alkanes of at least 4 members (excludes halogenated alkanes) is 20. The van der Waals surface area contributed by atoms with Crippen LogP contribution in [0.3, 0.4) is 0 Å². The van der Waals surface area contributed by atoms with Gasteiger partial charge in [0.25, 0.3) is 0 Å². The summed E-state index contributed by atoms with van der Waals surface area (Å²) >= 11 is 0. The first-order valence-electron chi connectivity index (χ1n) is 16.9. The zero-order chi connectivity index (χ0) is 29.0. The van der Waals surface area contributed by atoms with Crippen LogP contribution >= 0.6 is 0 Å². The van der Waals surface area contributed by atoms with Gasteiger partial charge in [-0.2, -0.15) is 0 Å². The van der Waals surface area contributed by atoms with E-state index >= 15 is 0 Å². The van der Waals surface area contributed by atoms with E-state index < -0.39 is 6.10 Å². The molecule has 0 fully saturated rings. The SMILES string of the molecule is CCCCCCCCCCCCCCCC(=O)O[C@H](CC(=O)OCCCCCCCCCCC)C[N+](C)(C)C. The van der Waals surface area contributed by atoms with Crippen LogP contribution in [-0.2, 0) is 19.1 Å². The van der Waals surface area contributed by atoms with Crippen molar-refractivity contribution in [2.45, 2.75) is 174 Å². The number of quaternary nitrogens is 1. The maximum Gasteiger partial charge on any atom is 0.309 e. The highest BCUT2D eigenvalue weighted by Gasteiger charge is 2.25. The Balaban J connectivity index is 3.93. The van der Waals surface area contributed by atoms with Crippen molar-refractivity contribution in [3.63, 3.8) is 0 Å². The summed E-state index contributed by atoms with van der Waals surface area (Å²) in [4.78, 5) is 24.9. The van der Waals surface area contributed by atoms with Gasteiger partial charge in [-0.3, -0.25) is 9.59 Å². The van der Waals surface area contributed by atoms with Gasteiger partial charge in [-0.05, 0) is 12.8 Å². The van der Waals surface area contributed by atoms with Crippen LogP contribution in [0.4, 0.5) is 0 Å². The molecule has 0 aromatic carbocycles. The van der Waals surface area contributed by atoms with Gasteiger partial charge in [0.2, 0.25) is 0 Å². The van der Waals surface area contributed by atoms with Crippen molar-refractivity contribution < 1.29 is 23.5 Å². The van der Waals surface area contributed by atoms with Gasteiger partial charge in [0.1, 0.15) is 6.54 Å². The fraction of sp³-hybridized carbons (Fsp3) is 0.941. The molecule has 5 heteroatoms. The molecule has 0 amide bonds. The predicted octanol–water partition coefficient (Wildman–Crippen LogP) is 9.55. The van der Waals surface area contributed by atoms with Crippen molar-refractivity contribution in [2.24, 2.45) is 0 Å². The molecular weight excluding hydrogens is 486 g/mol. The number of rotatable bonds is 29. The Bertz CT molecular complexity index is 558. The number of hydrogen-bond acceptors (Lipinski definition) is 4. The zero-order valence-corrected chi connectivity index (χ0v) is 27.0. The first-order valence-corrected chi connectivity index (χ1v) is 16.9. The summed E-state index contributed by atoms with van der Waals surface area (Å²) in [5.74, 6) is -0.426. The highest BCUT2D eigenvalue weighted by atomic mass is 16.6. The van der Waals surface area contributed by atoms with Crippen molar-refractivity contribution in [2.75, 3.05) is 34.3 Å². The van der Waals surface area contributed by atoms with E-state index in [9.17, 15) is 9.59 Å². The highest BCUT2D eigenvalue weighted by molar-refractivity contribution is 5.72. The third kappa shape index (κ3) is 29.7. The molecule has 0 rings (SSSR count). The largest absolute Gasteiger partial charge is 0.466 e. The van der Waals surface area contributed by atoms with Crippen molar-refractivity contribution in [1.82, 2.24) is 0 Å². The number of carbonyl (C=O) groups is 2. The van der Waals surface area contributed by atoms with E-state index in [0.717, 1.165) is 25.7 Å². The second-order valence-electron chi connectivity index (χ2n) is 12.8. The summed E-state index contributed by atoms with van der Waals surface area (Å²) in [7, 11) is 6.17. The molecule has 0 N–H and O–H groups in total. The Kier molecular flexibility index (Phi) is 26.3. The van der Waals surface area contributed by atoms with E-state index in [1.807, 2.05) is 0 Å². The standard InChI is InChI=1S/C34H68NO4/c1-6-8-10-12-14-16-17-18-19-20-22-24-26-28-33(36)39-32(31-35(3,4)5)30-34(37)38-29-27-25-23-21-15-13-11-9-7-2/h32H,6-31H2,1-5H3/q+1/t32-/m1/s1. The smallest absolute Gasteiger partial charge is 0.309 e. The van der Waals surface area contributed by atoms with Crippen LogP contribution in [0.25, 0.3) is 0 Å². The number of carbonyl (C=O) groups excluding carboxylic acids is 2. The third-order valence-corrected chi connectivity index (χ3v) is 7.44. The molecule has 0 heterocycles. The van der Waals surface area contributed by atoms with E-state index in [4.69, 9.17) is 9.47 Å². The summed E-state index contributed by atoms with van der Waals surface area (Å²) < 4.78 is 11.9. The zero-order valence-electron chi connectivity index (χ0n) is 27.0. The van der Waals surface area contributed by atoms with E-state index in [-0.39, 0.29) is 18.4 Å². The number of nitrogens with zero attached hydrogens (tertiary/aromatic N) is 1. The molecule has 0 bridgehead atoms. The monoisotopic (exact) mass is 555 g/mol. The lowest BCUT2D eigenvalue weighted by Gasteiger charge is -2.28. The Hall–Kier alpha value is -1.10. The lowest BCUT2D eigenvalue weighted by atomic mass is 10.0. The second-order valence-corrected chi connectivity index (χ2v) is 12.8. The molecule has 0 aliphatic rings. The minimum absolute atomic E-state index is 0.150. The fourth-order valence-electron chi connectivity index (χ4n) is 5.13. The van der Waals surface area contributed by atoms with Gasteiger partial charge in [-0.15, -0.1) is 0 Å². The summed E-state index contributed by atoms with van der Waals surface area (Å²) in [6, 6.07) is 0. The maximum absolute atomic E-state index is 12.5. The van der Waals surface area contributed by atoms with E-state index in [1.54, 1.807) is 0 Å². The third-order valence-electron chi connectivity index (χ3n) is 7.44. The topological polar surface area (TPSA) is 52.6 Å². The Morgan fingerprint density at radius 1 is 0.538 bits per heavy atom. The quantitative estimate of drug-likeness (QED) is 0.0525. The van der Waals surface area contributed by atoms with Crippen LogP contribution in [0.5, 0.6) is 0 Å². The van der Waals surface area contributed by atoms with Crippen LogP contribution in [0.1, 0.15) is 168 Å². The Labute approximate surface area is 243 Å². The molecule has 0 aliphatic carbocycles. The molecule has 0 saturated heterocycles. The average molecular weight is 555 g/mol. The summed E-state index contributed by atoms with van der Waals surface area (Å²) in [6.07, 6.45) is 28.1. The van der Waals surface area contributed by atoms with Crippen LogP contribution in [-0.4, -0.2) is 56.8 Å². The van der Waals surface area contributed by atoms with Crippen molar-refractivity contribution in [3.8, 4) is 0 Å². The number of esters is 2. The Morgan fingerprint density at radius 3 is 1.33 bits per heavy atom. The molecule has 0 radical (unpaired) electrons. The van der Waals surface area contributed by atoms with Crippen LogP contribution < -0.4 is 0 Å². The van der Waals surface area contributed by atoms with Gasteiger partial charge in [-0.25, -0.2) is 0 Å². The first kappa shape index (κ1) is 37.9. The first-order chi connectivity index (χ1) is 18.8. The van der Waals surface area contributed by atoms with Gasteiger partial charge in [-0.1, -0.05) is 142 Å². The van der Waals surface area contributed by atoms with Gasteiger partial charge < -0.3 is 14.0 Å². The van der Waals surface area contributed by atoms with Gasteiger partial charge in [0.15, 0.2) is 6.10 Å². The fourth-order valence-corrected chi connectivity index (χ4v) is 5.13. The summed E-state index contributed by atoms with van der Waals surface area (Å²) in [5.41, 5.74) is 0. The van der Waals surface area contributed by atoms with Crippen molar-refractivity contribution in [3.05, 3.63) is 0 Å². The van der Waals surface area contributed by atoms with Gasteiger partial charge >= 0.3 is 11.9 Å². The second kappa shape index (κ2) is 27.1. The molecule has 1 atom stereocenters. The lowest BCUT2D eigenvalue weighted by molar-refractivity contribution is -0.873. The number of ether oxygens (including phenoxy) is 2. The number of likely N-dealkylation sites (N-methyl/N-ethyl adjacent to an activating group) is 1. The van der Waals surface area contributed by atoms with Crippen LogP contribution in [0, 0.1) is 0 Å². The Morgan fingerprint density at radius 2 is 0.923 bits per heavy atom. The van der Waals surface area contributed by atoms with E-state index in [0.29, 0.717) is 24.1 Å². The lowest BCUT2D eigenvalue weighted by Crippen LogP contribution is -2.44.